The van der Waals surface area contributed by atoms with E-state index >= 15 is 0 Å². The summed E-state index contributed by atoms with van der Waals surface area (Å²) in [7, 11) is 0. The molecule has 0 saturated carbocycles. The molecule has 0 aliphatic rings. The Morgan fingerprint density at radius 3 is 2.48 bits per heavy atom. The van der Waals surface area contributed by atoms with Crippen LogP contribution in [0.3, 0.4) is 0 Å². The van der Waals surface area contributed by atoms with Crippen molar-refractivity contribution in [3.05, 3.63) is 57.8 Å². The van der Waals surface area contributed by atoms with Crippen LogP contribution in [-0.2, 0) is 20.9 Å². The van der Waals surface area contributed by atoms with E-state index in [1.54, 1.807) is 31.4 Å². The highest BCUT2D eigenvalue weighted by Gasteiger charge is 2.27. The van der Waals surface area contributed by atoms with Gasteiger partial charge in [-0.25, -0.2) is 4.79 Å². The molecule has 0 fully saturated rings. The van der Waals surface area contributed by atoms with Gasteiger partial charge in [0.2, 0.25) is 0 Å². The van der Waals surface area contributed by atoms with Crippen LogP contribution in [0, 0.1) is 12.8 Å². The zero-order valence-corrected chi connectivity index (χ0v) is 16.5. The molecule has 0 radical (unpaired) electrons. The Morgan fingerprint density at radius 1 is 1.11 bits per heavy atom. The summed E-state index contributed by atoms with van der Waals surface area (Å²) < 4.78 is 5.10. The van der Waals surface area contributed by atoms with Crippen LogP contribution in [0.4, 0.5) is 0 Å². The number of thiophene rings is 1. The molecular weight excluding hydrogens is 364 g/mol. The number of hydrogen-bond donors (Lipinski definition) is 2. The van der Waals surface area contributed by atoms with E-state index in [-0.39, 0.29) is 18.4 Å². The van der Waals surface area contributed by atoms with Gasteiger partial charge in [-0.05, 0) is 35.4 Å². The lowest BCUT2D eigenvalue weighted by Crippen LogP contribution is -2.46. The zero-order valence-electron chi connectivity index (χ0n) is 15.7. The highest BCUT2D eigenvalue weighted by molar-refractivity contribution is 7.12. The van der Waals surface area contributed by atoms with Gasteiger partial charge in [-0.2, -0.15) is 0 Å². The van der Waals surface area contributed by atoms with Gasteiger partial charge in [-0.3, -0.25) is 9.59 Å². The van der Waals surface area contributed by atoms with Crippen LogP contribution in [0.15, 0.2) is 41.8 Å². The summed E-state index contributed by atoms with van der Waals surface area (Å²) in [5.74, 6) is -1.51. The number of rotatable bonds is 8. The van der Waals surface area contributed by atoms with Crippen molar-refractivity contribution in [3.8, 4) is 0 Å². The van der Waals surface area contributed by atoms with Crippen molar-refractivity contribution in [1.29, 1.82) is 0 Å². The second-order valence-corrected chi connectivity index (χ2v) is 7.43. The van der Waals surface area contributed by atoms with Gasteiger partial charge in [0.05, 0.1) is 4.88 Å². The summed E-state index contributed by atoms with van der Waals surface area (Å²) in [5.41, 5.74) is 2.08. The van der Waals surface area contributed by atoms with E-state index in [9.17, 15) is 14.4 Å². The molecule has 0 spiro atoms. The minimum absolute atomic E-state index is 0.170. The summed E-state index contributed by atoms with van der Waals surface area (Å²) in [6, 6.07) is 10.4. The molecule has 27 heavy (non-hydrogen) atoms. The van der Waals surface area contributed by atoms with Crippen molar-refractivity contribution >= 4 is 29.1 Å². The fourth-order valence-corrected chi connectivity index (χ4v) is 3.02. The van der Waals surface area contributed by atoms with Crippen LogP contribution in [-0.4, -0.2) is 30.4 Å². The molecule has 6 nitrogen and oxygen atoms in total. The van der Waals surface area contributed by atoms with Gasteiger partial charge >= 0.3 is 5.97 Å². The van der Waals surface area contributed by atoms with Gasteiger partial charge in [0.15, 0.2) is 6.61 Å². The molecule has 1 atom stereocenters. The summed E-state index contributed by atoms with van der Waals surface area (Å²) in [4.78, 5) is 37.0. The van der Waals surface area contributed by atoms with Crippen molar-refractivity contribution < 1.29 is 19.1 Å². The first-order valence-corrected chi connectivity index (χ1v) is 9.58. The van der Waals surface area contributed by atoms with Gasteiger partial charge < -0.3 is 15.4 Å². The van der Waals surface area contributed by atoms with Gasteiger partial charge in [0.1, 0.15) is 6.04 Å². The fourth-order valence-electron chi connectivity index (χ4n) is 2.40. The fraction of sp³-hybridized carbons (Fsp3) is 0.350. The van der Waals surface area contributed by atoms with Crippen LogP contribution in [0.2, 0.25) is 0 Å². The van der Waals surface area contributed by atoms with Gasteiger partial charge in [-0.15, -0.1) is 11.3 Å². The second-order valence-electron chi connectivity index (χ2n) is 6.48. The van der Waals surface area contributed by atoms with Crippen molar-refractivity contribution in [2.75, 3.05) is 6.61 Å². The first-order valence-electron chi connectivity index (χ1n) is 8.70. The molecule has 0 saturated heterocycles. The smallest absolute Gasteiger partial charge is 0.329 e. The monoisotopic (exact) mass is 388 g/mol. The van der Waals surface area contributed by atoms with Crippen LogP contribution in [0.1, 0.15) is 34.6 Å². The van der Waals surface area contributed by atoms with E-state index in [0.29, 0.717) is 11.4 Å². The maximum atomic E-state index is 12.3. The lowest BCUT2D eigenvalue weighted by atomic mass is 10.0. The first-order chi connectivity index (χ1) is 12.9. The minimum Gasteiger partial charge on any atom is -0.454 e. The SMILES string of the molecule is Cc1ccccc1CNC(=O)COC(=O)[C@@H](NC(=O)c1cccs1)C(C)C. The molecule has 0 aliphatic carbocycles. The topological polar surface area (TPSA) is 84.5 Å². The lowest BCUT2D eigenvalue weighted by molar-refractivity contribution is -0.151. The Labute approximate surface area is 162 Å². The van der Waals surface area contributed by atoms with Crippen LogP contribution in [0.5, 0.6) is 0 Å². The number of benzene rings is 1. The Hall–Kier alpha value is -2.67. The number of carbonyl (C=O) groups excluding carboxylic acids is 3. The molecule has 1 aromatic carbocycles. The molecule has 1 aromatic heterocycles. The predicted octanol–water partition coefficient (Wildman–Crippen LogP) is 2.67. The largest absolute Gasteiger partial charge is 0.454 e. The van der Waals surface area contributed by atoms with Crippen LogP contribution < -0.4 is 10.6 Å². The summed E-state index contributed by atoms with van der Waals surface area (Å²) in [6.07, 6.45) is 0. The van der Waals surface area contributed by atoms with E-state index in [0.717, 1.165) is 11.1 Å². The summed E-state index contributed by atoms with van der Waals surface area (Å²) in [5, 5.41) is 7.19. The molecule has 144 valence electrons. The highest BCUT2D eigenvalue weighted by Crippen LogP contribution is 2.11. The van der Waals surface area contributed by atoms with E-state index < -0.39 is 17.9 Å². The standard InChI is InChI=1S/C20H24N2O4S/c1-13(2)18(22-19(24)16-9-6-10-27-16)20(25)26-12-17(23)21-11-15-8-5-4-7-14(15)3/h4-10,13,18H,11-12H2,1-3H3,(H,21,23)(H,22,24)/t18-/m0/s1. The molecule has 0 bridgehead atoms. The number of nitrogens with one attached hydrogen (secondary N) is 2. The van der Waals surface area contributed by atoms with Crippen LogP contribution >= 0.6 is 11.3 Å². The number of carbonyl (C=O) groups is 3. The Kier molecular flexibility index (Phi) is 7.55. The summed E-state index contributed by atoms with van der Waals surface area (Å²) in [6.45, 7) is 5.55. The van der Waals surface area contributed by atoms with E-state index in [1.165, 1.54) is 11.3 Å². The van der Waals surface area contributed by atoms with Crippen molar-refractivity contribution in [2.24, 2.45) is 5.92 Å². The van der Waals surface area contributed by atoms with E-state index in [4.69, 9.17) is 4.74 Å². The molecule has 7 heteroatoms. The van der Waals surface area contributed by atoms with Crippen molar-refractivity contribution in [1.82, 2.24) is 10.6 Å². The van der Waals surface area contributed by atoms with E-state index in [1.807, 2.05) is 31.2 Å². The van der Waals surface area contributed by atoms with Crippen molar-refractivity contribution in [3.63, 3.8) is 0 Å². The average Bonchev–Trinajstić information content (AvgIpc) is 3.18. The molecule has 2 N–H and O–H groups in total. The average molecular weight is 388 g/mol. The maximum Gasteiger partial charge on any atom is 0.329 e. The Bertz CT molecular complexity index is 787. The maximum absolute atomic E-state index is 12.3. The number of hydrogen-bond acceptors (Lipinski definition) is 5. The van der Waals surface area contributed by atoms with E-state index in [2.05, 4.69) is 10.6 Å². The second kappa shape index (κ2) is 9.87. The molecule has 0 aliphatic heterocycles. The molecule has 2 aromatic rings. The summed E-state index contributed by atoms with van der Waals surface area (Å²) >= 11 is 1.29. The molecule has 2 amide bonds. The van der Waals surface area contributed by atoms with Crippen LogP contribution in [0.25, 0.3) is 0 Å². The molecular formula is C20H24N2O4S. The number of ether oxygens (including phenoxy) is 1. The Balaban J connectivity index is 1.83. The first kappa shape index (κ1) is 20.6. The molecule has 0 unspecified atom stereocenters. The molecule has 1 heterocycles. The normalized spacial score (nSPS) is 11.7. The minimum atomic E-state index is -0.816. The third-order valence-electron chi connectivity index (χ3n) is 4.03. The zero-order chi connectivity index (χ0) is 19.8. The number of amides is 2. The third-order valence-corrected chi connectivity index (χ3v) is 4.90. The Morgan fingerprint density at radius 2 is 1.85 bits per heavy atom. The highest BCUT2D eigenvalue weighted by atomic mass is 32.1. The van der Waals surface area contributed by atoms with Gasteiger partial charge in [-0.1, -0.05) is 44.2 Å². The number of aryl methyl sites for hydroxylation is 1. The number of esters is 1. The molecule has 2 rings (SSSR count). The van der Waals surface area contributed by atoms with Gasteiger partial charge in [0.25, 0.3) is 11.8 Å². The third kappa shape index (κ3) is 6.21. The quantitative estimate of drug-likeness (QED) is 0.681. The predicted molar refractivity (Wildman–Crippen MR) is 104 cm³/mol. The van der Waals surface area contributed by atoms with Gasteiger partial charge in [0, 0.05) is 6.54 Å². The van der Waals surface area contributed by atoms with Crippen molar-refractivity contribution in [2.45, 2.75) is 33.4 Å². The lowest BCUT2D eigenvalue weighted by Gasteiger charge is -2.20.